The molecule has 0 aliphatic carbocycles. The molecule has 0 aliphatic rings. The zero-order chi connectivity index (χ0) is 11.3. The average molecular weight is 203 g/mol. The highest BCUT2D eigenvalue weighted by atomic mass is 16.5. The predicted octanol–water partition coefficient (Wildman–Crippen LogP) is -0.301. The lowest BCUT2D eigenvalue weighted by Gasteiger charge is -2.25. The first kappa shape index (κ1) is 12.7. The number of carbonyl (C=O) groups excluding carboxylic acids is 2. The molecule has 0 heterocycles. The van der Waals surface area contributed by atoms with E-state index in [0.29, 0.717) is 0 Å². The summed E-state index contributed by atoms with van der Waals surface area (Å²) in [5.74, 6) is -0.504. The van der Waals surface area contributed by atoms with Crippen molar-refractivity contribution >= 4 is 12.0 Å². The molecule has 0 fully saturated rings. The van der Waals surface area contributed by atoms with Crippen LogP contribution in [0.2, 0.25) is 0 Å². The van der Waals surface area contributed by atoms with Crippen molar-refractivity contribution in [2.75, 3.05) is 14.2 Å². The standard InChI is InChI=1S/C8H17N3O3/c1-5(2)6(7(9)12)10-11(3)8(13)14-4/h5-6,10H,1-4H3,(H2,9,12). The minimum absolute atomic E-state index is 0.000365. The normalized spacial score (nSPS) is 12.4. The molecule has 2 amide bonds. The fourth-order valence-corrected chi connectivity index (χ4v) is 0.939. The number of nitrogens with two attached hydrogens (primary N) is 1. The second-order valence-corrected chi connectivity index (χ2v) is 3.28. The Kier molecular flexibility index (Phi) is 4.93. The van der Waals surface area contributed by atoms with Crippen molar-refractivity contribution in [3.8, 4) is 0 Å². The predicted molar refractivity (Wildman–Crippen MR) is 51.1 cm³/mol. The summed E-state index contributed by atoms with van der Waals surface area (Å²) in [5.41, 5.74) is 7.80. The molecule has 6 nitrogen and oxygen atoms in total. The minimum atomic E-state index is -0.584. The Hall–Kier alpha value is -1.30. The van der Waals surface area contributed by atoms with E-state index in [4.69, 9.17) is 5.73 Å². The van der Waals surface area contributed by atoms with Crippen LogP contribution >= 0.6 is 0 Å². The third-order valence-electron chi connectivity index (χ3n) is 1.75. The van der Waals surface area contributed by atoms with Gasteiger partial charge in [-0.05, 0) is 5.92 Å². The van der Waals surface area contributed by atoms with Gasteiger partial charge in [-0.25, -0.2) is 15.2 Å². The Morgan fingerprint density at radius 2 is 1.93 bits per heavy atom. The van der Waals surface area contributed by atoms with E-state index >= 15 is 0 Å². The van der Waals surface area contributed by atoms with Gasteiger partial charge in [-0.3, -0.25) is 4.79 Å². The molecule has 0 aliphatic heterocycles. The number of methoxy groups -OCH3 is 1. The molecule has 0 aromatic rings. The van der Waals surface area contributed by atoms with E-state index in [0.717, 1.165) is 5.01 Å². The number of hydrogen-bond acceptors (Lipinski definition) is 4. The third-order valence-corrected chi connectivity index (χ3v) is 1.75. The van der Waals surface area contributed by atoms with Crippen molar-refractivity contribution < 1.29 is 14.3 Å². The molecule has 6 heteroatoms. The summed E-state index contributed by atoms with van der Waals surface area (Å²) < 4.78 is 4.44. The number of nitrogens with zero attached hydrogens (tertiary/aromatic N) is 1. The molecule has 1 atom stereocenters. The number of hydrazine groups is 1. The molecule has 82 valence electrons. The van der Waals surface area contributed by atoms with Gasteiger partial charge in [0.05, 0.1) is 7.11 Å². The maximum Gasteiger partial charge on any atom is 0.423 e. The summed E-state index contributed by atoms with van der Waals surface area (Å²) in [5, 5.41) is 1.09. The summed E-state index contributed by atoms with van der Waals surface area (Å²) in [7, 11) is 2.72. The van der Waals surface area contributed by atoms with E-state index in [1.807, 2.05) is 13.8 Å². The Bertz CT molecular complexity index is 218. The summed E-state index contributed by atoms with van der Waals surface area (Å²) >= 11 is 0. The van der Waals surface area contributed by atoms with Crippen LogP contribution < -0.4 is 11.2 Å². The molecule has 0 saturated carbocycles. The van der Waals surface area contributed by atoms with E-state index < -0.39 is 18.0 Å². The topological polar surface area (TPSA) is 84.7 Å². The van der Waals surface area contributed by atoms with Crippen LogP contribution in [-0.2, 0) is 9.53 Å². The summed E-state index contributed by atoms with van der Waals surface area (Å²) in [6.07, 6.45) is -0.572. The van der Waals surface area contributed by atoms with Crippen molar-refractivity contribution in [2.24, 2.45) is 11.7 Å². The zero-order valence-electron chi connectivity index (χ0n) is 8.90. The van der Waals surface area contributed by atoms with Crippen molar-refractivity contribution in [3.05, 3.63) is 0 Å². The number of carbonyl (C=O) groups is 2. The molecule has 0 aromatic heterocycles. The molecule has 0 radical (unpaired) electrons. The van der Waals surface area contributed by atoms with Crippen molar-refractivity contribution in [1.82, 2.24) is 10.4 Å². The Balaban J connectivity index is 4.30. The molecule has 0 aromatic carbocycles. The molecule has 0 rings (SSSR count). The lowest BCUT2D eigenvalue weighted by atomic mass is 10.1. The molecule has 3 N–H and O–H groups in total. The van der Waals surface area contributed by atoms with Gasteiger partial charge >= 0.3 is 6.09 Å². The van der Waals surface area contributed by atoms with E-state index in [2.05, 4.69) is 10.2 Å². The highest BCUT2D eigenvalue weighted by molar-refractivity contribution is 5.80. The second kappa shape index (κ2) is 5.43. The molecule has 0 spiro atoms. The summed E-state index contributed by atoms with van der Waals surface area (Å²) in [4.78, 5) is 21.9. The van der Waals surface area contributed by atoms with Crippen LogP contribution in [0, 0.1) is 5.92 Å². The van der Waals surface area contributed by atoms with Gasteiger partial charge in [0.1, 0.15) is 6.04 Å². The first-order valence-corrected chi connectivity index (χ1v) is 4.27. The number of rotatable bonds is 4. The van der Waals surface area contributed by atoms with Crippen LogP contribution in [0.25, 0.3) is 0 Å². The maximum absolute atomic E-state index is 11.0. The number of hydrogen-bond donors (Lipinski definition) is 2. The Morgan fingerprint density at radius 3 is 2.21 bits per heavy atom. The monoisotopic (exact) mass is 203 g/mol. The fourth-order valence-electron chi connectivity index (χ4n) is 0.939. The zero-order valence-corrected chi connectivity index (χ0v) is 8.90. The molecule has 0 bridgehead atoms. The van der Waals surface area contributed by atoms with Crippen LogP contribution in [0.15, 0.2) is 0 Å². The van der Waals surface area contributed by atoms with E-state index in [-0.39, 0.29) is 5.92 Å². The van der Waals surface area contributed by atoms with Crippen LogP contribution in [0.3, 0.4) is 0 Å². The van der Waals surface area contributed by atoms with E-state index in [9.17, 15) is 9.59 Å². The number of primary amides is 1. The van der Waals surface area contributed by atoms with Gasteiger partial charge in [0.25, 0.3) is 0 Å². The smallest absolute Gasteiger partial charge is 0.423 e. The lowest BCUT2D eigenvalue weighted by Crippen LogP contribution is -2.53. The average Bonchev–Trinajstić information content (AvgIpc) is 2.11. The van der Waals surface area contributed by atoms with E-state index in [1.54, 1.807) is 0 Å². The molecular weight excluding hydrogens is 186 g/mol. The van der Waals surface area contributed by atoms with E-state index in [1.165, 1.54) is 14.2 Å². The fraction of sp³-hybridized carbons (Fsp3) is 0.750. The van der Waals surface area contributed by atoms with Crippen molar-refractivity contribution in [1.29, 1.82) is 0 Å². The first-order chi connectivity index (χ1) is 6.40. The largest absolute Gasteiger partial charge is 0.452 e. The SMILES string of the molecule is COC(=O)N(C)NC(C(N)=O)C(C)C. The maximum atomic E-state index is 11.0. The summed E-state index contributed by atoms with van der Waals surface area (Å²) in [6.45, 7) is 3.65. The van der Waals surface area contributed by atoms with Crippen LogP contribution in [-0.4, -0.2) is 37.2 Å². The van der Waals surface area contributed by atoms with Crippen LogP contribution in [0.4, 0.5) is 4.79 Å². The van der Waals surface area contributed by atoms with Gasteiger partial charge in [-0.15, -0.1) is 0 Å². The molecule has 0 saturated heterocycles. The molecule has 1 unspecified atom stereocenters. The molecular formula is C8H17N3O3. The van der Waals surface area contributed by atoms with Gasteiger partial charge in [-0.2, -0.15) is 0 Å². The quantitative estimate of drug-likeness (QED) is 0.614. The third kappa shape index (κ3) is 3.61. The lowest BCUT2D eigenvalue weighted by molar-refractivity contribution is -0.122. The second-order valence-electron chi connectivity index (χ2n) is 3.28. The Labute approximate surface area is 83.4 Å². The van der Waals surface area contributed by atoms with Gasteiger partial charge in [0.2, 0.25) is 5.91 Å². The van der Waals surface area contributed by atoms with Gasteiger partial charge < -0.3 is 10.5 Å². The first-order valence-electron chi connectivity index (χ1n) is 4.27. The van der Waals surface area contributed by atoms with Gasteiger partial charge in [0.15, 0.2) is 0 Å². The highest BCUT2D eigenvalue weighted by Crippen LogP contribution is 2.01. The highest BCUT2D eigenvalue weighted by Gasteiger charge is 2.22. The number of nitrogens with one attached hydrogen (secondary N) is 1. The van der Waals surface area contributed by atoms with Crippen molar-refractivity contribution in [2.45, 2.75) is 19.9 Å². The van der Waals surface area contributed by atoms with Crippen LogP contribution in [0.5, 0.6) is 0 Å². The number of amides is 2. The summed E-state index contributed by atoms with van der Waals surface area (Å²) in [6, 6.07) is -0.584. The number of ether oxygens (including phenoxy) is 1. The Morgan fingerprint density at radius 1 is 1.43 bits per heavy atom. The van der Waals surface area contributed by atoms with Crippen molar-refractivity contribution in [3.63, 3.8) is 0 Å². The van der Waals surface area contributed by atoms with Gasteiger partial charge in [0, 0.05) is 7.05 Å². The molecule has 14 heavy (non-hydrogen) atoms. The van der Waals surface area contributed by atoms with Crippen LogP contribution in [0.1, 0.15) is 13.8 Å². The minimum Gasteiger partial charge on any atom is -0.452 e. The van der Waals surface area contributed by atoms with Gasteiger partial charge in [-0.1, -0.05) is 13.8 Å².